The van der Waals surface area contributed by atoms with Crippen molar-refractivity contribution in [2.75, 3.05) is 4.72 Å². The highest BCUT2D eigenvalue weighted by atomic mass is 127. The van der Waals surface area contributed by atoms with Crippen molar-refractivity contribution in [1.29, 1.82) is 0 Å². The van der Waals surface area contributed by atoms with Gasteiger partial charge in [0.2, 0.25) is 0 Å². The number of sulfonamides is 1. The summed E-state index contributed by atoms with van der Waals surface area (Å²) in [7, 11) is -4.16. The molecule has 0 aliphatic heterocycles. The van der Waals surface area contributed by atoms with Crippen LogP contribution in [0, 0.1) is 27.9 Å². The van der Waals surface area contributed by atoms with Crippen LogP contribution in [-0.4, -0.2) is 8.42 Å². The normalized spacial score (nSPS) is 11.5. The number of rotatable bonds is 3. The number of hydrogen-bond donors (Lipinski definition) is 1. The second-order valence-corrected chi connectivity index (χ2v) is 7.00. The Morgan fingerprint density at radius 3 is 2.33 bits per heavy atom. The Kier molecular flexibility index (Phi) is 4.47. The molecular weight excluding hydrogens is 418 g/mol. The van der Waals surface area contributed by atoms with E-state index < -0.39 is 33.2 Å². The summed E-state index contributed by atoms with van der Waals surface area (Å²) in [4.78, 5) is -0.343. The Morgan fingerprint density at radius 1 is 1.05 bits per heavy atom. The number of aryl methyl sites for hydroxylation is 1. The largest absolute Gasteiger partial charge is 0.277 e. The van der Waals surface area contributed by atoms with Crippen LogP contribution in [0.25, 0.3) is 0 Å². The van der Waals surface area contributed by atoms with Crippen LogP contribution in [-0.2, 0) is 10.0 Å². The van der Waals surface area contributed by atoms with E-state index in [4.69, 9.17) is 0 Å². The van der Waals surface area contributed by atoms with Gasteiger partial charge in [0, 0.05) is 0 Å². The molecule has 0 spiro atoms. The molecule has 0 atom stereocenters. The van der Waals surface area contributed by atoms with Gasteiger partial charge >= 0.3 is 0 Å². The van der Waals surface area contributed by atoms with Crippen molar-refractivity contribution in [3.05, 3.63) is 56.9 Å². The van der Waals surface area contributed by atoms with Gasteiger partial charge in [-0.1, -0.05) is 6.07 Å². The molecule has 0 aromatic heterocycles. The fraction of sp³-hybridized carbons (Fsp3) is 0.0769. The molecule has 0 saturated heterocycles. The molecule has 0 radical (unpaired) electrons. The lowest BCUT2D eigenvalue weighted by molar-refractivity contribution is 0.571. The molecule has 0 heterocycles. The summed E-state index contributed by atoms with van der Waals surface area (Å²) in [5.41, 5.74) is -0.113. The lowest BCUT2D eigenvalue weighted by Gasteiger charge is -2.10. The molecule has 1 N–H and O–H groups in total. The van der Waals surface area contributed by atoms with E-state index in [1.54, 1.807) is 0 Å². The summed E-state index contributed by atoms with van der Waals surface area (Å²) < 4.78 is 66.2. The van der Waals surface area contributed by atoms with E-state index >= 15 is 0 Å². The first-order valence-corrected chi connectivity index (χ1v) is 8.21. The maximum atomic E-state index is 13.8. The summed E-state index contributed by atoms with van der Waals surface area (Å²) in [5, 5.41) is 0. The highest BCUT2D eigenvalue weighted by Gasteiger charge is 2.19. The Bertz CT molecular complexity index is 809. The average molecular weight is 427 g/mol. The molecule has 0 saturated carbocycles. The molecule has 0 amide bonds. The second kappa shape index (κ2) is 5.84. The SMILES string of the molecule is Cc1ccc(S(=O)(=O)Nc2ccc(F)c(I)c2F)cc1F. The molecule has 2 aromatic carbocycles. The summed E-state index contributed by atoms with van der Waals surface area (Å²) in [6.07, 6.45) is 0. The first-order valence-electron chi connectivity index (χ1n) is 5.65. The highest BCUT2D eigenvalue weighted by Crippen LogP contribution is 2.25. The lowest BCUT2D eigenvalue weighted by atomic mass is 10.2. The Morgan fingerprint density at radius 2 is 1.71 bits per heavy atom. The van der Waals surface area contributed by atoms with Crippen LogP contribution >= 0.6 is 22.6 Å². The second-order valence-electron chi connectivity index (χ2n) is 4.24. The van der Waals surface area contributed by atoms with Crippen molar-refractivity contribution in [2.45, 2.75) is 11.8 Å². The molecule has 2 aromatic rings. The fourth-order valence-corrected chi connectivity index (χ4v) is 3.09. The smallest absolute Gasteiger partial charge is 0.262 e. The van der Waals surface area contributed by atoms with Gasteiger partial charge in [0.25, 0.3) is 10.0 Å². The van der Waals surface area contributed by atoms with E-state index in [1.807, 2.05) is 4.72 Å². The van der Waals surface area contributed by atoms with Crippen molar-refractivity contribution < 1.29 is 21.6 Å². The zero-order valence-corrected chi connectivity index (χ0v) is 13.6. The van der Waals surface area contributed by atoms with Crippen LogP contribution in [0.2, 0.25) is 0 Å². The minimum atomic E-state index is -4.16. The minimum Gasteiger partial charge on any atom is -0.277 e. The molecule has 0 unspecified atom stereocenters. The van der Waals surface area contributed by atoms with Gasteiger partial charge in [0.1, 0.15) is 11.6 Å². The molecule has 0 bridgehead atoms. The Balaban J connectivity index is 2.42. The number of anilines is 1. The quantitative estimate of drug-likeness (QED) is 0.598. The molecule has 0 aliphatic rings. The maximum absolute atomic E-state index is 13.8. The van der Waals surface area contributed by atoms with Gasteiger partial charge in [0.05, 0.1) is 14.2 Å². The zero-order valence-electron chi connectivity index (χ0n) is 10.6. The fourth-order valence-electron chi connectivity index (χ4n) is 1.55. The first-order chi connectivity index (χ1) is 9.72. The molecule has 8 heteroatoms. The third-order valence-corrected chi connectivity index (χ3v) is 5.09. The summed E-state index contributed by atoms with van der Waals surface area (Å²) >= 11 is 1.43. The molecule has 0 aliphatic carbocycles. The van der Waals surface area contributed by atoms with Gasteiger partial charge in [-0.3, -0.25) is 4.72 Å². The third-order valence-electron chi connectivity index (χ3n) is 2.73. The predicted molar refractivity (Wildman–Crippen MR) is 81.0 cm³/mol. The molecule has 2 rings (SSSR count). The van der Waals surface area contributed by atoms with E-state index in [0.29, 0.717) is 0 Å². The number of nitrogens with one attached hydrogen (secondary N) is 1. The monoisotopic (exact) mass is 427 g/mol. The number of benzene rings is 2. The number of halogens is 4. The van der Waals surface area contributed by atoms with Crippen molar-refractivity contribution >= 4 is 38.3 Å². The van der Waals surface area contributed by atoms with Gasteiger partial charge in [-0.2, -0.15) is 0 Å². The van der Waals surface area contributed by atoms with Crippen LogP contribution in [0.5, 0.6) is 0 Å². The van der Waals surface area contributed by atoms with E-state index in [1.165, 1.54) is 41.6 Å². The van der Waals surface area contributed by atoms with Crippen molar-refractivity contribution in [2.24, 2.45) is 0 Å². The Hall–Kier alpha value is -1.29. The van der Waals surface area contributed by atoms with E-state index in [0.717, 1.165) is 18.2 Å². The van der Waals surface area contributed by atoms with Crippen LogP contribution in [0.1, 0.15) is 5.56 Å². The van der Waals surface area contributed by atoms with Crippen molar-refractivity contribution in [1.82, 2.24) is 0 Å². The zero-order chi connectivity index (χ0) is 15.8. The molecule has 112 valence electrons. The summed E-state index contributed by atoms with van der Waals surface area (Å²) in [6.45, 7) is 1.49. The standard InChI is InChI=1S/C13H9F3INO2S/c1-7-2-3-8(6-10(7)15)21(19,20)18-11-5-4-9(14)13(17)12(11)16/h2-6,18H,1H3. The Labute approximate surface area is 133 Å². The summed E-state index contributed by atoms with van der Waals surface area (Å²) in [6, 6.07) is 5.25. The molecule has 3 nitrogen and oxygen atoms in total. The molecule has 0 fully saturated rings. The average Bonchev–Trinajstić information content (AvgIpc) is 2.42. The molecule has 21 heavy (non-hydrogen) atoms. The van der Waals surface area contributed by atoms with Crippen molar-refractivity contribution in [3.63, 3.8) is 0 Å². The van der Waals surface area contributed by atoms with Crippen LogP contribution in [0.4, 0.5) is 18.9 Å². The lowest BCUT2D eigenvalue weighted by Crippen LogP contribution is -2.15. The van der Waals surface area contributed by atoms with Gasteiger partial charge in [-0.05, 0) is 59.3 Å². The van der Waals surface area contributed by atoms with E-state index in [-0.39, 0.29) is 14.0 Å². The minimum absolute atomic E-state index is 0.288. The third kappa shape index (κ3) is 3.31. The van der Waals surface area contributed by atoms with E-state index in [2.05, 4.69) is 0 Å². The van der Waals surface area contributed by atoms with Gasteiger partial charge in [-0.15, -0.1) is 0 Å². The van der Waals surface area contributed by atoms with Gasteiger partial charge < -0.3 is 0 Å². The topological polar surface area (TPSA) is 46.2 Å². The predicted octanol–water partition coefficient (Wildman–Crippen LogP) is 3.82. The van der Waals surface area contributed by atoms with Gasteiger partial charge in [-0.25, -0.2) is 21.6 Å². The van der Waals surface area contributed by atoms with Crippen molar-refractivity contribution in [3.8, 4) is 0 Å². The van der Waals surface area contributed by atoms with Crippen LogP contribution < -0.4 is 4.72 Å². The first kappa shape index (κ1) is 16.1. The van der Waals surface area contributed by atoms with Gasteiger partial charge in [0.15, 0.2) is 5.82 Å². The molecular formula is C13H9F3INO2S. The number of hydrogen-bond acceptors (Lipinski definition) is 2. The van der Waals surface area contributed by atoms with Crippen LogP contribution in [0.3, 0.4) is 0 Å². The summed E-state index contributed by atoms with van der Waals surface area (Å²) in [5.74, 6) is -2.50. The van der Waals surface area contributed by atoms with E-state index in [9.17, 15) is 21.6 Å². The highest BCUT2D eigenvalue weighted by molar-refractivity contribution is 14.1. The van der Waals surface area contributed by atoms with Crippen LogP contribution in [0.15, 0.2) is 35.2 Å². The maximum Gasteiger partial charge on any atom is 0.262 e.